The van der Waals surface area contributed by atoms with E-state index in [9.17, 15) is 4.79 Å². The van der Waals surface area contributed by atoms with E-state index in [-0.39, 0.29) is 5.43 Å². The molecule has 0 atom stereocenters. The van der Waals surface area contributed by atoms with Crippen LogP contribution in [0.4, 0.5) is 0 Å². The maximum Gasteiger partial charge on any atom is 0.192 e. The van der Waals surface area contributed by atoms with Crippen molar-refractivity contribution in [1.82, 2.24) is 4.98 Å². The molecule has 0 saturated heterocycles. The zero-order chi connectivity index (χ0) is 11.8. The minimum Gasteiger partial charge on any atom is -0.497 e. The van der Waals surface area contributed by atoms with Gasteiger partial charge in [0, 0.05) is 22.2 Å². The average Bonchev–Trinajstić information content (AvgIpc) is 2.39. The highest BCUT2D eigenvalue weighted by molar-refractivity contribution is 5.81. The van der Waals surface area contributed by atoms with Crippen LogP contribution in [0, 0.1) is 0 Å². The van der Waals surface area contributed by atoms with Crippen LogP contribution in [-0.2, 0) is 12.8 Å². The molecule has 1 aliphatic rings. The molecule has 88 valence electrons. The molecule has 0 fully saturated rings. The Bertz CT molecular complexity index is 628. The van der Waals surface area contributed by atoms with Crippen LogP contribution in [0.2, 0.25) is 0 Å². The normalized spacial score (nSPS) is 14.6. The van der Waals surface area contributed by atoms with E-state index in [0.717, 1.165) is 47.2 Å². The van der Waals surface area contributed by atoms with Crippen LogP contribution in [-0.4, -0.2) is 12.1 Å². The number of H-pyrrole nitrogens is 1. The van der Waals surface area contributed by atoms with Crippen LogP contribution in [0.3, 0.4) is 0 Å². The third kappa shape index (κ3) is 1.62. The summed E-state index contributed by atoms with van der Waals surface area (Å²) in [4.78, 5) is 15.7. The number of pyridine rings is 1. The van der Waals surface area contributed by atoms with Crippen molar-refractivity contribution in [3.63, 3.8) is 0 Å². The van der Waals surface area contributed by atoms with Crippen molar-refractivity contribution in [3.8, 4) is 5.75 Å². The van der Waals surface area contributed by atoms with E-state index in [1.165, 1.54) is 6.42 Å². The van der Waals surface area contributed by atoms with Gasteiger partial charge in [-0.25, -0.2) is 0 Å². The van der Waals surface area contributed by atoms with Crippen LogP contribution in [0.15, 0.2) is 23.0 Å². The summed E-state index contributed by atoms with van der Waals surface area (Å²) in [6.07, 6.45) is 4.18. The fourth-order valence-electron chi connectivity index (χ4n) is 2.57. The molecule has 0 spiro atoms. The summed E-state index contributed by atoms with van der Waals surface area (Å²) in [5, 5.41) is 0.741. The summed E-state index contributed by atoms with van der Waals surface area (Å²) in [5.41, 5.74) is 3.18. The van der Waals surface area contributed by atoms with Gasteiger partial charge in [0.05, 0.1) is 7.11 Å². The number of ether oxygens (including phenoxy) is 1. The van der Waals surface area contributed by atoms with Gasteiger partial charge >= 0.3 is 0 Å². The lowest BCUT2D eigenvalue weighted by Crippen LogP contribution is -2.18. The first-order valence-electron chi connectivity index (χ1n) is 6.01. The summed E-state index contributed by atoms with van der Waals surface area (Å²) in [7, 11) is 1.62. The molecule has 17 heavy (non-hydrogen) atoms. The van der Waals surface area contributed by atoms with Crippen molar-refractivity contribution >= 4 is 10.9 Å². The molecule has 3 nitrogen and oxygen atoms in total. The van der Waals surface area contributed by atoms with Crippen LogP contribution in [0.5, 0.6) is 5.75 Å². The fourth-order valence-corrected chi connectivity index (χ4v) is 2.57. The van der Waals surface area contributed by atoms with Crippen molar-refractivity contribution in [2.45, 2.75) is 25.7 Å². The Morgan fingerprint density at radius 2 is 2.06 bits per heavy atom. The fraction of sp³-hybridized carbons (Fsp3) is 0.357. The van der Waals surface area contributed by atoms with Crippen molar-refractivity contribution in [2.75, 3.05) is 7.11 Å². The predicted molar refractivity (Wildman–Crippen MR) is 67.8 cm³/mol. The van der Waals surface area contributed by atoms with E-state index in [0.29, 0.717) is 0 Å². The number of hydrogen-bond acceptors (Lipinski definition) is 2. The maximum atomic E-state index is 12.4. The molecule has 3 heteroatoms. The van der Waals surface area contributed by atoms with Gasteiger partial charge in [-0.3, -0.25) is 4.79 Å². The highest BCUT2D eigenvalue weighted by Crippen LogP contribution is 2.22. The first-order chi connectivity index (χ1) is 8.29. The topological polar surface area (TPSA) is 42.1 Å². The second-order valence-corrected chi connectivity index (χ2v) is 4.53. The molecule has 2 aromatic rings. The third-order valence-corrected chi connectivity index (χ3v) is 3.50. The first-order valence-corrected chi connectivity index (χ1v) is 6.01. The molecular formula is C14H15NO2. The van der Waals surface area contributed by atoms with Crippen LogP contribution < -0.4 is 10.2 Å². The second-order valence-electron chi connectivity index (χ2n) is 4.53. The molecule has 0 bridgehead atoms. The molecule has 0 saturated carbocycles. The second kappa shape index (κ2) is 3.91. The number of methoxy groups -OCH3 is 1. The number of benzene rings is 1. The quantitative estimate of drug-likeness (QED) is 0.816. The number of rotatable bonds is 1. The molecule has 0 aliphatic heterocycles. The Balaban J connectivity index is 2.33. The lowest BCUT2D eigenvalue weighted by atomic mass is 9.94. The largest absolute Gasteiger partial charge is 0.497 e. The Morgan fingerprint density at radius 3 is 2.88 bits per heavy atom. The van der Waals surface area contributed by atoms with Gasteiger partial charge in [0.1, 0.15) is 5.75 Å². The van der Waals surface area contributed by atoms with E-state index in [1.807, 2.05) is 18.2 Å². The van der Waals surface area contributed by atoms with Crippen LogP contribution in [0.25, 0.3) is 10.9 Å². The molecule has 1 N–H and O–H groups in total. The highest BCUT2D eigenvalue weighted by Gasteiger charge is 2.15. The summed E-state index contributed by atoms with van der Waals surface area (Å²) in [6.45, 7) is 0. The Labute approximate surface area is 99.4 Å². The Morgan fingerprint density at radius 1 is 1.24 bits per heavy atom. The van der Waals surface area contributed by atoms with Gasteiger partial charge in [-0.2, -0.15) is 0 Å². The lowest BCUT2D eigenvalue weighted by Gasteiger charge is -2.16. The number of fused-ring (bicyclic) bond motifs is 2. The van der Waals surface area contributed by atoms with Crippen LogP contribution >= 0.6 is 0 Å². The minimum atomic E-state index is 0.173. The number of aryl methyl sites for hydroxylation is 1. The molecule has 0 radical (unpaired) electrons. The van der Waals surface area contributed by atoms with E-state index >= 15 is 0 Å². The standard InChI is InChI=1S/C14H15NO2/c1-17-9-6-7-13-11(8-9)14(16)10-4-2-3-5-12(10)15-13/h6-8H,2-5H2,1H3,(H,15,16). The predicted octanol–water partition coefficient (Wildman–Crippen LogP) is 2.42. The van der Waals surface area contributed by atoms with Crippen molar-refractivity contribution in [1.29, 1.82) is 0 Å². The first kappa shape index (κ1) is 10.4. The van der Waals surface area contributed by atoms with Crippen LogP contribution in [0.1, 0.15) is 24.1 Å². The molecule has 1 heterocycles. The van der Waals surface area contributed by atoms with Gasteiger partial charge in [-0.05, 0) is 43.9 Å². The molecule has 0 amide bonds. The van der Waals surface area contributed by atoms with Gasteiger partial charge in [-0.1, -0.05) is 0 Å². The summed E-state index contributed by atoms with van der Waals surface area (Å²) in [5.74, 6) is 0.735. The molecular weight excluding hydrogens is 214 g/mol. The summed E-state index contributed by atoms with van der Waals surface area (Å²) >= 11 is 0. The molecule has 0 unspecified atom stereocenters. The number of aromatic amines is 1. The molecule has 3 rings (SSSR count). The summed E-state index contributed by atoms with van der Waals surface area (Å²) < 4.78 is 5.17. The van der Waals surface area contributed by atoms with Gasteiger partial charge in [0.15, 0.2) is 5.43 Å². The van der Waals surface area contributed by atoms with E-state index in [1.54, 1.807) is 7.11 Å². The molecule has 1 aliphatic carbocycles. The maximum absolute atomic E-state index is 12.4. The Hall–Kier alpha value is -1.77. The van der Waals surface area contributed by atoms with E-state index < -0.39 is 0 Å². The minimum absolute atomic E-state index is 0.173. The number of hydrogen-bond donors (Lipinski definition) is 1. The monoisotopic (exact) mass is 229 g/mol. The smallest absolute Gasteiger partial charge is 0.192 e. The SMILES string of the molecule is COc1ccc2[nH]c3c(c(=O)c2c1)CCCC3. The third-order valence-electron chi connectivity index (χ3n) is 3.50. The van der Waals surface area contributed by atoms with E-state index in [2.05, 4.69) is 4.98 Å². The zero-order valence-electron chi connectivity index (χ0n) is 9.88. The van der Waals surface area contributed by atoms with Gasteiger partial charge < -0.3 is 9.72 Å². The van der Waals surface area contributed by atoms with Crippen molar-refractivity contribution < 1.29 is 4.74 Å². The zero-order valence-corrected chi connectivity index (χ0v) is 9.88. The van der Waals surface area contributed by atoms with Gasteiger partial charge in [0.2, 0.25) is 0 Å². The van der Waals surface area contributed by atoms with Gasteiger partial charge in [-0.15, -0.1) is 0 Å². The van der Waals surface area contributed by atoms with E-state index in [4.69, 9.17) is 4.74 Å². The Kier molecular flexibility index (Phi) is 2.39. The van der Waals surface area contributed by atoms with Crippen molar-refractivity contribution in [3.05, 3.63) is 39.7 Å². The number of nitrogens with one attached hydrogen (secondary N) is 1. The van der Waals surface area contributed by atoms with Crippen molar-refractivity contribution in [2.24, 2.45) is 0 Å². The molecule has 1 aromatic heterocycles. The summed E-state index contributed by atoms with van der Waals surface area (Å²) in [6, 6.07) is 5.63. The highest BCUT2D eigenvalue weighted by atomic mass is 16.5. The average molecular weight is 229 g/mol. The van der Waals surface area contributed by atoms with Gasteiger partial charge in [0.25, 0.3) is 0 Å². The number of aromatic nitrogens is 1. The lowest BCUT2D eigenvalue weighted by molar-refractivity contribution is 0.415. The molecule has 1 aromatic carbocycles.